The van der Waals surface area contributed by atoms with Gasteiger partial charge >= 0.3 is 5.97 Å². The van der Waals surface area contributed by atoms with Crippen molar-refractivity contribution in [2.75, 3.05) is 13.6 Å². The number of rotatable bonds is 6. The molecule has 0 aliphatic heterocycles. The van der Waals surface area contributed by atoms with Gasteiger partial charge in [0.2, 0.25) is 0 Å². The molecular formula is C10H22N2O4S. The van der Waals surface area contributed by atoms with Crippen molar-refractivity contribution in [1.29, 1.82) is 0 Å². The van der Waals surface area contributed by atoms with Gasteiger partial charge in [-0.25, -0.2) is 0 Å². The van der Waals surface area contributed by atoms with Crippen molar-refractivity contribution in [2.45, 2.75) is 46.2 Å². The second-order valence-corrected chi connectivity index (χ2v) is 6.56. The predicted octanol–water partition coefficient (Wildman–Crippen LogP) is 0.756. The smallest absolute Gasteiger partial charge is 0.324 e. The van der Waals surface area contributed by atoms with Crippen LogP contribution in [0.15, 0.2) is 0 Å². The Kier molecular flexibility index (Phi) is 5.12. The van der Waals surface area contributed by atoms with Gasteiger partial charge in [0.1, 0.15) is 5.54 Å². The van der Waals surface area contributed by atoms with E-state index in [1.54, 1.807) is 20.8 Å². The second kappa shape index (κ2) is 5.32. The average molecular weight is 266 g/mol. The van der Waals surface area contributed by atoms with E-state index in [1.807, 2.05) is 0 Å². The molecule has 0 unspecified atom stereocenters. The van der Waals surface area contributed by atoms with Gasteiger partial charge in [-0.15, -0.1) is 0 Å². The SMILES string of the molecule is CCN(C(C)(C)C(=O)O)S(=O)(=O)N(C)C(C)C. The van der Waals surface area contributed by atoms with Crippen LogP contribution in [-0.2, 0) is 15.0 Å². The highest BCUT2D eigenvalue weighted by Gasteiger charge is 2.43. The molecule has 0 aromatic heterocycles. The summed E-state index contributed by atoms with van der Waals surface area (Å²) in [5, 5.41) is 9.10. The predicted molar refractivity (Wildman–Crippen MR) is 65.9 cm³/mol. The fraction of sp³-hybridized carbons (Fsp3) is 0.900. The molecule has 0 aromatic carbocycles. The molecule has 0 heterocycles. The Balaban J connectivity index is 5.50. The van der Waals surface area contributed by atoms with Gasteiger partial charge in [0.25, 0.3) is 10.2 Å². The van der Waals surface area contributed by atoms with Crippen LogP contribution in [0.25, 0.3) is 0 Å². The Labute approximate surface area is 103 Å². The molecule has 0 atom stereocenters. The number of nitrogens with zero attached hydrogens (tertiary/aromatic N) is 2. The third-order valence-electron chi connectivity index (χ3n) is 2.80. The van der Waals surface area contributed by atoms with Crippen molar-refractivity contribution in [3.05, 3.63) is 0 Å². The number of carboxylic acid groups (broad SMARTS) is 1. The molecule has 0 radical (unpaired) electrons. The average Bonchev–Trinajstić information content (AvgIpc) is 2.16. The van der Waals surface area contributed by atoms with Gasteiger partial charge in [0, 0.05) is 19.6 Å². The van der Waals surface area contributed by atoms with Crippen LogP contribution in [0.5, 0.6) is 0 Å². The van der Waals surface area contributed by atoms with E-state index in [0.29, 0.717) is 0 Å². The molecule has 17 heavy (non-hydrogen) atoms. The first kappa shape index (κ1) is 16.3. The summed E-state index contributed by atoms with van der Waals surface area (Å²) in [7, 11) is -2.32. The van der Waals surface area contributed by atoms with Crippen LogP contribution in [0.2, 0.25) is 0 Å². The van der Waals surface area contributed by atoms with Crippen LogP contribution in [0, 0.1) is 0 Å². The summed E-state index contributed by atoms with van der Waals surface area (Å²) < 4.78 is 26.6. The molecule has 6 nitrogen and oxygen atoms in total. The molecule has 0 aromatic rings. The van der Waals surface area contributed by atoms with Gasteiger partial charge in [0.05, 0.1) is 0 Å². The molecule has 0 saturated heterocycles. The lowest BCUT2D eigenvalue weighted by molar-refractivity contribution is -0.146. The van der Waals surface area contributed by atoms with E-state index < -0.39 is 21.7 Å². The highest BCUT2D eigenvalue weighted by molar-refractivity contribution is 7.86. The van der Waals surface area contributed by atoms with E-state index in [1.165, 1.54) is 25.2 Å². The Morgan fingerprint density at radius 1 is 1.35 bits per heavy atom. The Morgan fingerprint density at radius 2 is 1.76 bits per heavy atom. The van der Waals surface area contributed by atoms with Gasteiger partial charge in [-0.1, -0.05) is 6.92 Å². The summed E-state index contributed by atoms with van der Waals surface area (Å²) in [5.74, 6) is -1.17. The Hall–Kier alpha value is -0.660. The van der Waals surface area contributed by atoms with Crippen LogP contribution in [0.4, 0.5) is 0 Å². The topological polar surface area (TPSA) is 77.9 Å². The molecule has 7 heteroatoms. The normalized spacial score (nSPS) is 13.7. The third kappa shape index (κ3) is 3.17. The number of carbonyl (C=O) groups is 1. The van der Waals surface area contributed by atoms with Crippen molar-refractivity contribution < 1.29 is 18.3 Å². The quantitative estimate of drug-likeness (QED) is 0.769. The molecule has 0 fully saturated rings. The number of aliphatic carboxylic acids is 1. The maximum Gasteiger partial charge on any atom is 0.324 e. The molecule has 0 amide bonds. The van der Waals surface area contributed by atoms with Crippen LogP contribution >= 0.6 is 0 Å². The van der Waals surface area contributed by atoms with Crippen molar-refractivity contribution in [3.8, 4) is 0 Å². The van der Waals surface area contributed by atoms with Crippen LogP contribution < -0.4 is 0 Å². The summed E-state index contributed by atoms with van der Waals surface area (Å²) in [6.45, 7) is 7.96. The maximum absolute atomic E-state index is 12.2. The highest BCUT2D eigenvalue weighted by atomic mass is 32.2. The lowest BCUT2D eigenvalue weighted by atomic mass is 10.1. The lowest BCUT2D eigenvalue weighted by Gasteiger charge is -2.36. The molecule has 0 bridgehead atoms. The highest BCUT2D eigenvalue weighted by Crippen LogP contribution is 2.22. The fourth-order valence-corrected chi connectivity index (χ4v) is 3.20. The maximum atomic E-state index is 12.2. The summed E-state index contributed by atoms with van der Waals surface area (Å²) in [4.78, 5) is 11.1. The van der Waals surface area contributed by atoms with Crippen LogP contribution in [0.3, 0.4) is 0 Å². The zero-order valence-electron chi connectivity index (χ0n) is 11.3. The van der Waals surface area contributed by atoms with Gasteiger partial charge in [-0.3, -0.25) is 4.79 Å². The minimum atomic E-state index is -3.77. The second-order valence-electron chi connectivity index (χ2n) is 4.65. The third-order valence-corrected chi connectivity index (χ3v) is 5.22. The number of carboxylic acids is 1. The van der Waals surface area contributed by atoms with Crippen molar-refractivity contribution in [1.82, 2.24) is 8.61 Å². The summed E-state index contributed by atoms with van der Waals surface area (Å²) in [6, 6.07) is -0.223. The van der Waals surface area contributed by atoms with E-state index in [9.17, 15) is 13.2 Å². The van der Waals surface area contributed by atoms with Crippen molar-refractivity contribution >= 4 is 16.2 Å². The molecule has 1 N–H and O–H groups in total. The van der Waals surface area contributed by atoms with E-state index in [2.05, 4.69) is 0 Å². The Morgan fingerprint density at radius 3 is 2.00 bits per heavy atom. The first-order valence-corrected chi connectivity index (χ1v) is 6.88. The zero-order chi connectivity index (χ0) is 14.0. The summed E-state index contributed by atoms with van der Waals surface area (Å²) in [6.07, 6.45) is 0. The van der Waals surface area contributed by atoms with Crippen molar-refractivity contribution in [2.24, 2.45) is 0 Å². The van der Waals surface area contributed by atoms with E-state index >= 15 is 0 Å². The van der Waals surface area contributed by atoms with Gasteiger partial charge in [0.15, 0.2) is 0 Å². The monoisotopic (exact) mass is 266 g/mol. The molecule has 0 aliphatic rings. The summed E-state index contributed by atoms with van der Waals surface area (Å²) in [5.41, 5.74) is -1.46. The standard InChI is InChI=1S/C10H22N2O4S/c1-7-12(10(4,5)9(13)14)17(15,16)11(6)8(2)3/h8H,7H2,1-6H3,(H,13,14). The Bertz CT molecular complexity index is 376. The zero-order valence-corrected chi connectivity index (χ0v) is 12.1. The van der Waals surface area contributed by atoms with Crippen molar-refractivity contribution in [3.63, 3.8) is 0 Å². The minimum absolute atomic E-state index is 0.110. The lowest BCUT2D eigenvalue weighted by Crippen LogP contribution is -2.57. The molecule has 0 saturated carbocycles. The largest absolute Gasteiger partial charge is 0.480 e. The number of hydrogen-bond acceptors (Lipinski definition) is 3. The first-order valence-electron chi connectivity index (χ1n) is 5.48. The van der Waals surface area contributed by atoms with Crippen LogP contribution in [-0.4, -0.2) is 53.3 Å². The summed E-state index contributed by atoms with van der Waals surface area (Å²) >= 11 is 0. The molecule has 0 spiro atoms. The van der Waals surface area contributed by atoms with E-state index in [4.69, 9.17) is 5.11 Å². The van der Waals surface area contributed by atoms with E-state index in [-0.39, 0.29) is 12.6 Å². The molecular weight excluding hydrogens is 244 g/mol. The van der Waals surface area contributed by atoms with Gasteiger partial charge < -0.3 is 5.11 Å². The number of hydrogen-bond donors (Lipinski definition) is 1. The minimum Gasteiger partial charge on any atom is -0.480 e. The molecule has 0 aliphatic carbocycles. The van der Waals surface area contributed by atoms with Gasteiger partial charge in [-0.2, -0.15) is 17.0 Å². The molecule has 0 rings (SSSR count). The molecule has 102 valence electrons. The fourth-order valence-electron chi connectivity index (χ4n) is 1.38. The first-order chi connectivity index (χ1) is 7.49. The van der Waals surface area contributed by atoms with E-state index in [0.717, 1.165) is 4.31 Å². The van der Waals surface area contributed by atoms with Crippen LogP contribution in [0.1, 0.15) is 34.6 Å². The van der Waals surface area contributed by atoms with Gasteiger partial charge in [-0.05, 0) is 27.7 Å². The number of likely N-dealkylation sites (N-methyl/N-ethyl adjacent to an activating group) is 1.